The van der Waals surface area contributed by atoms with E-state index in [1.54, 1.807) is 68.0 Å². The van der Waals surface area contributed by atoms with Gasteiger partial charge in [0, 0.05) is 157 Å². The van der Waals surface area contributed by atoms with E-state index in [9.17, 15) is 4.79 Å². The third-order valence-electron chi connectivity index (χ3n) is 17.7. The van der Waals surface area contributed by atoms with Crippen LogP contribution in [0.15, 0.2) is 278 Å². The summed E-state index contributed by atoms with van der Waals surface area (Å²) in [6.45, 7) is 16.8. The Bertz CT molecular complexity index is 5050. The maximum absolute atomic E-state index is 10.2. The number of aliphatic imine (C=N–C) groups is 1. The summed E-state index contributed by atoms with van der Waals surface area (Å²) in [5.74, 6) is 0. The number of ether oxygens (including phenoxy) is 4. The van der Waals surface area contributed by atoms with Gasteiger partial charge in [0.2, 0.25) is 0 Å². The van der Waals surface area contributed by atoms with Gasteiger partial charge in [-0.15, -0.1) is 11.6 Å². The zero-order valence-electron chi connectivity index (χ0n) is 69.7. The summed E-state index contributed by atoms with van der Waals surface area (Å²) in [5, 5.41) is 25.3. The fourth-order valence-electron chi connectivity index (χ4n) is 12.9. The minimum absolute atomic E-state index is 0. The van der Waals surface area contributed by atoms with Gasteiger partial charge in [0.15, 0.2) is 12.6 Å². The Balaban J connectivity index is 0.000000507. The number of carbonyl (C=O) groups is 1. The monoisotopic (exact) mass is 2170 g/mol. The molecule has 2 aliphatic heterocycles. The first kappa shape index (κ1) is 117. The van der Waals surface area contributed by atoms with Crippen LogP contribution in [0.1, 0.15) is 114 Å². The average molecular weight is 2180 g/mol. The van der Waals surface area contributed by atoms with Gasteiger partial charge in [0.05, 0.1) is 18.6 Å². The predicted octanol–water partition coefficient (Wildman–Crippen LogP) is 21.0. The van der Waals surface area contributed by atoms with Crippen molar-refractivity contribution in [1.29, 1.82) is 0 Å². The molecule has 0 fully saturated rings. The van der Waals surface area contributed by atoms with Crippen LogP contribution in [0.5, 0.6) is 0 Å². The standard InChI is InChI=1S/C28H23Cl2N.C19H15Cl.C13H17Cl2NO2.C9H9Cl2N.C9H5Cl2N.C7H4Cl2O.C6H15NO2.C2H6O.CH4O.CH4.ClH.H2O4S.2O.Pt/c29-25-18-21-20-31(17-16-26(21)27(30)19-25)28(22-10-4-1-5-11-22,23-12-6-2-7-13-23)24-14-8-3-9-15-24;20-19(16-10-4-1-5-11-16,17-12-6-2-7-13-17)18-14-8-3-9-15-18;1-3-17-13(18-4-2)9-16-8-10-5-11(14)7-12(15)6-10;2*10-7-3-6-5-12-2-1-8(6)9(11)4-7;8-6-1-5(4-10)2-7(9)3-6;1-3-8-6(5-7)9-4-2;1-2-3;1-2;;;1-5(2,3)4;;;/h1-15,18-19H,16-17,20H2;1-15H;5-8,13H,3-4,9H2,1-2H3;3-4,12H,1-2,5H2;1-5H;1-4H;6H,3-5,7H2,1-2H3;3H,2H2,1H3;2H,1H3;1H4;1H;(H2,1,2,3,4);;;. The SMILES string of the molecule is C.CCO.CCOC(CN)OCC.CCOC(CN=Cc1cc(Cl)cc(Cl)c1)OCC.CO.ClC(c1ccccc1)(c1ccccc1)c1ccccc1.Clc1cc(Cl)c2c(c1)CN(C(c1ccccc1)(c1ccccc1)c1ccccc1)CC2.Clc1cc(Cl)c2c(c1)C[NH2+]CC2.Clc1cc(Cl)c2ccncc2c1.O=Cc1cc(Cl)cc(Cl)c1.O=S(=O)(O)O.[Cl-].[O]=[Pt]=[O]. The van der Waals surface area contributed by atoms with Crippen molar-refractivity contribution in [2.75, 3.05) is 66.3 Å². The van der Waals surface area contributed by atoms with E-state index in [0.29, 0.717) is 86.5 Å². The number of alkyl halides is 1. The Morgan fingerprint density at radius 3 is 1.23 bits per heavy atom. The van der Waals surface area contributed by atoms with Gasteiger partial charge in [-0.05, 0) is 176 Å². The van der Waals surface area contributed by atoms with Gasteiger partial charge in [0.25, 0.3) is 0 Å². The molecule has 3 heterocycles. The Morgan fingerprint density at radius 1 is 0.512 bits per heavy atom. The van der Waals surface area contributed by atoms with Crippen molar-refractivity contribution < 1.29 is 94.5 Å². The molecule has 0 amide bonds. The molecular weight excluding hydrogens is 2070 g/mol. The first-order chi connectivity index (χ1) is 60.1. The normalized spacial score (nSPS) is 11.7. The quantitative estimate of drug-likeness (QED) is 0.0103. The molecule has 688 valence electrons. The van der Waals surface area contributed by atoms with Crippen molar-refractivity contribution in [3.05, 3.63) is 390 Å². The molecule has 32 heteroatoms. The van der Waals surface area contributed by atoms with E-state index in [2.05, 4.69) is 154 Å². The fourth-order valence-corrected chi connectivity index (χ4v) is 16.2. The summed E-state index contributed by atoms with van der Waals surface area (Å²) >= 11 is 64.8. The zero-order valence-corrected chi connectivity index (χ0v) is 81.9. The van der Waals surface area contributed by atoms with E-state index in [0.717, 1.165) is 94.2 Å². The number of nitrogens with two attached hydrogens (primary N) is 2. The van der Waals surface area contributed by atoms with E-state index < -0.39 is 39.3 Å². The molecule has 0 bridgehead atoms. The van der Waals surface area contributed by atoms with Gasteiger partial charge < -0.3 is 52.6 Å². The van der Waals surface area contributed by atoms with Crippen LogP contribution in [0.2, 0.25) is 50.2 Å². The second-order valence-corrected chi connectivity index (χ2v) is 32.2. The Hall–Kier alpha value is -6.55. The van der Waals surface area contributed by atoms with Crippen LogP contribution < -0.4 is 23.5 Å². The van der Waals surface area contributed by atoms with Crippen molar-refractivity contribution >= 4 is 161 Å². The molecule has 0 saturated heterocycles. The Morgan fingerprint density at radius 2 is 0.850 bits per heavy atom. The van der Waals surface area contributed by atoms with E-state index in [1.165, 1.54) is 38.9 Å². The van der Waals surface area contributed by atoms with E-state index >= 15 is 0 Å². The van der Waals surface area contributed by atoms with Gasteiger partial charge in [-0.25, -0.2) is 0 Å². The van der Waals surface area contributed by atoms with Crippen molar-refractivity contribution in [3.63, 3.8) is 0 Å². The number of benzene rings is 11. The number of pyridine rings is 1. The molecule has 0 aliphatic carbocycles. The van der Waals surface area contributed by atoms with Crippen molar-refractivity contribution in [1.82, 2.24) is 9.88 Å². The molecule has 0 spiro atoms. The number of hydrogen-bond acceptors (Lipinski definition) is 15. The van der Waals surface area contributed by atoms with Gasteiger partial charge in [-0.1, -0.05) is 305 Å². The van der Waals surface area contributed by atoms with E-state index in [4.69, 9.17) is 187 Å². The van der Waals surface area contributed by atoms with Gasteiger partial charge in [0.1, 0.15) is 17.7 Å². The van der Waals surface area contributed by atoms with Gasteiger partial charge in [-0.3, -0.25) is 28.8 Å². The van der Waals surface area contributed by atoms with E-state index in [-0.39, 0.29) is 39.0 Å². The summed E-state index contributed by atoms with van der Waals surface area (Å²) < 4.78 is 69.5. The Labute approximate surface area is 816 Å². The molecule has 127 heavy (non-hydrogen) atoms. The molecule has 0 saturated carbocycles. The van der Waals surface area contributed by atoms with E-state index in [1.807, 2.05) is 113 Å². The number of hydrogen-bond donors (Lipinski definition) is 6. The molecule has 0 atom stereocenters. The first-order valence-electron chi connectivity index (χ1n) is 39.0. The number of rotatable bonds is 20. The number of nitrogens with zero attached hydrogens (tertiary/aromatic N) is 3. The summed E-state index contributed by atoms with van der Waals surface area (Å²) in [6, 6.07) is 86.2. The van der Waals surface area contributed by atoms with Crippen LogP contribution >= 0.6 is 128 Å². The number of carbonyl (C=O) groups excluding carboxylic acids is 1. The van der Waals surface area contributed by atoms with Gasteiger partial charge in [-0.2, -0.15) is 8.42 Å². The van der Waals surface area contributed by atoms with Crippen LogP contribution in [-0.2, 0) is 91.0 Å². The summed E-state index contributed by atoms with van der Waals surface area (Å²) in [5.41, 5.74) is 18.2. The molecule has 0 unspecified atom stereocenters. The number of aliphatic hydroxyl groups is 2. The maximum atomic E-state index is 10.2. The molecule has 8 N–H and O–H groups in total. The number of fused-ring (bicyclic) bond motifs is 3. The minimum atomic E-state index is -4.67. The van der Waals surface area contributed by atoms with Crippen molar-refractivity contribution in [3.8, 4) is 0 Å². The van der Waals surface area contributed by atoms with Crippen LogP contribution in [0.25, 0.3) is 10.8 Å². The molecule has 11 aromatic carbocycles. The van der Waals surface area contributed by atoms with Crippen LogP contribution in [0.3, 0.4) is 0 Å². The third-order valence-corrected chi connectivity index (χ3v) is 20.9. The molecular formula is C95H105Cl12N5O13PtS. The predicted molar refractivity (Wildman–Crippen MR) is 514 cm³/mol. The average Bonchev–Trinajstić information content (AvgIpc) is 0.727. The fraction of sp³-hybridized carbons (Fsp3) is 0.253. The molecule has 2 aliphatic rings. The molecule has 18 nitrogen and oxygen atoms in total. The van der Waals surface area contributed by atoms with Crippen LogP contribution in [0, 0.1) is 0 Å². The topological polar surface area (TPSA) is 274 Å². The van der Waals surface area contributed by atoms with Crippen molar-refractivity contribution in [2.45, 2.75) is 91.0 Å². The molecule has 1 aromatic heterocycles. The molecule has 14 rings (SSSR count). The van der Waals surface area contributed by atoms with Crippen LogP contribution in [0.4, 0.5) is 0 Å². The van der Waals surface area contributed by atoms with Crippen LogP contribution in [-0.4, -0.2) is 129 Å². The summed E-state index contributed by atoms with van der Waals surface area (Å²) in [7, 11) is -3.67. The Kier molecular flexibility index (Phi) is 59.7. The zero-order chi connectivity index (χ0) is 92.2. The van der Waals surface area contributed by atoms with Gasteiger partial charge >= 0.3 is 35.7 Å². The number of aldehydes is 1. The summed E-state index contributed by atoms with van der Waals surface area (Å²) in [4.78, 5) is 20.4. The number of aliphatic hydroxyl groups excluding tert-OH is 2. The molecule has 12 aromatic rings. The third kappa shape index (κ3) is 41.0. The molecule has 0 radical (unpaired) electrons. The van der Waals surface area contributed by atoms with Crippen molar-refractivity contribution in [2.24, 2.45) is 10.7 Å². The second kappa shape index (κ2) is 65.1. The first-order valence-corrected chi connectivity index (χ1v) is 46.4. The second-order valence-electron chi connectivity index (χ2n) is 26.1. The summed E-state index contributed by atoms with van der Waals surface area (Å²) in [6.07, 6.45) is 7.31. The number of aromatic nitrogens is 1. The number of quaternary nitrogens is 1. The number of halogens is 12.